The highest BCUT2D eigenvalue weighted by atomic mass is 32.2. The number of carbonyl (C=O) groups excluding carboxylic acids is 2. The highest BCUT2D eigenvalue weighted by Gasteiger charge is 2.35. The summed E-state index contributed by atoms with van der Waals surface area (Å²) in [5.41, 5.74) is 0.100. The van der Waals surface area contributed by atoms with E-state index in [0.717, 1.165) is 25.7 Å². The van der Waals surface area contributed by atoms with Gasteiger partial charge in [0.15, 0.2) is 6.10 Å². The summed E-state index contributed by atoms with van der Waals surface area (Å²) in [6.45, 7) is 3.57. The number of hydrogen-bond acceptors (Lipinski definition) is 5. The van der Waals surface area contributed by atoms with E-state index in [-0.39, 0.29) is 24.2 Å². The zero-order valence-electron chi connectivity index (χ0n) is 11.5. The molecule has 1 aliphatic carbocycles. The van der Waals surface area contributed by atoms with Crippen LogP contribution < -0.4 is 0 Å². The highest BCUT2D eigenvalue weighted by molar-refractivity contribution is 7.92. The van der Waals surface area contributed by atoms with Gasteiger partial charge in [-0.3, -0.25) is 4.79 Å². The molecule has 20 heavy (non-hydrogen) atoms. The van der Waals surface area contributed by atoms with Gasteiger partial charge in [0.05, 0.1) is 6.42 Å². The van der Waals surface area contributed by atoms with Gasteiger partial charge in [0.25, 0.3) is 0 Å². The molecule has 0 radical (unpaired) electrons. The smallest absolute Gasteiger partial charge is 0.334 e. The largest absolute Gasteiger partial charge is 0.616 e. The van der Waals surface area contributed by atoms with E-state index in [1.165, 1.54) is 6.42 Å². The summed E-state index contributed by atoms with van der Waals surface area (Å²) in [6, 6.07) is 0. The molecule has 2 aliphatic rings. The van der Waals surface area contributed by atoms with E-state index in [1.807, 2.05) is 0 Å². The summed E-state index contributed by atoms with van der Waals surface area (Å²) in [6.07, 6.45) is 4.71. The van der Waals surface area contributed by atoms with Crippen LogP contribution in [0.3, 0.4) is 0 Å². The standard InChI is InChI=1S/C14H20O5S/c1-10(14(16)19-12-8-20(17)9-12)7-13(15)18-11-5-3-2-4-6-11/h11-12H,1-9H2. The van der Waals surface area contributed by atoms with Gasteiger partial charge in [0, 0.05) is 5.57 Å². The van der Waals surface area contributed by atoms with E-state index in [2.05, 4.69) is 6.58 Å². The Morgan fingerprint density at radius 3 is 2.35 bits per heavy atom. The van der Waals surface area contributed by atoms with Gasteiger partial charge in [0.1, 0.15) is 17.6 Å². The van der Waals surface area contributed by atoms with Gasteiger partial charge in [0.2, 0.25) is 0 Å². The summed E-state index contributed by atoms with van der Waals surface area (Å²) in [5.74, 6) is -0.250. The molecule has 0 unspecified atom stereocenters. The highest BCUT2D eigenvalue weighted by Crippen LogP contribution is 2.21. The predicted octanol–water partition coefficient (Wildman–Crippen LogP) is 1.48. The Bertz CT molecular complexity index is 383. The molecule has 1 heterocycles. The summed E-state index contributed by atoms with van der Waals surface area (Å²) in [7, 11) is 0. The molecule has 112 valence electrons. The van der Waals surface area contributed by atoms with Crippen LogP contribution in [0.15, 0.2) is 12.2 Å². The van der Waals surface area contributed by atoms with Gasteiger partial charge < -0.3 is 14.0 Å². The fourth-order valence-electron chi connectivity index (χ4n) is 2.33. The van der Waals surface area contributed by atoms with Crippen LogP contribution >= 0.6 is 0 Å². The van der Waals surface area contributed by atoms with E-state index >= 15 is 0 Å². The minimum Gasteiger partial charge on any atom is -0.616 e. The molecule has 6 heteroatoms. The topological polar surface area (TPSA) is 75.7 Å². The van der Waals surface area contributed by atoms with Crippen molar-refractivity contribution in [1.29, 1.82) is 0 Å². The lowest BCUT2D eigenvalue weighted by molar-refractivity contribution is -0.152. The number of esters is 2. The van der Waals surface area contributed by atoms with Crippen LogP contribution in [-0.4, -0.2) is 40.2 Å². The van der Waals surface area contributed by atoms with Gasteiger partial charge in [-0.05, 0) is 36.9 Å². The molecule has 2 fully saturated rings. The summed E-state index contributed by atoms with van der Waals surface area (Å²) >= 11 is -0.866. The third kappa shape index (κ3) is 4.52. The molecular weight excluding hydrogens is 280 g/mol. The van der Waals surface area contributed by atoms with Crippen molar-refractivity contribution in [2.24, 2.45) is 0 Å². The first kappa shape index (κ1) is 15.4. The third-order valence-corrected chi connectivity index (χ3v) is 5.00. The average Bonchev–Trinajstić information content (AvgIpc) is 2.37. The van der Waals surface area contributed by atoms with E-state index in [0.29, 0.717) is 11.5 Å². The Balaban J connectivity index is 1.67. The molecule has 5 nitrogen and oxygen atoms in total. The van der Waals surface area contributed by atoms with Crippen molar-refractivity contribution in [2.45, 2.75) is 50.7 Å². The first-order chi connectivity index (χ1) is 9.54. The minimum absolute atomic E-state index is 0.0193. The quantitative estimate of drug-likeness (QED) is 0.437. The molecule has 1 aliphatic heterocycles. The van der Waals surface area contributed by atoms with E-state index in [1.54, 1.807) is 0 Å². The maximum absolute atomic E-state index is 11.7. The fourth-order valence-corrected chi connectivity index (χ4v) is 3.19. The van der Waals surface area contributed by atoms with Gasteiger partial charge in [-0.1, -0.05) is 13.0 Å². The number of carbonyl (C=O) groups is 2. The lowest BCUT2D eigenvalue weighted by Gasteiger charge is -2.28. The molecule has 0 aromatic rings. The Kier molecular flexibility index (Phi) is 5.48. The van der Waals surface area contributed by atoms with Crippen LogP contribution in [0.25, 0.3) is 0 Å². The normalized spacial score (nSPS) is 26.4. The van der Waals surface area contributed by atoms with E-state index in [4.69, 9.17) is 9.47 Å². The van der Waals surface area contributed by atoms with Gasteiger partial charge >= 0.3 is 11.9 Å². The van der Waals surface area contributed by atoms with Crippen molar-refractivity contribution in [3.8, 4) is 0 Å². The summed E-state index contributed by atoms with van der Waals surface area (Å²) in [5, 5.41) is 0. The van der Waals surface area contributed by atoms with Crippen molar-refractivity contribution in [3.63, 3.8) is 0 Å². The predicted molar refractivity (Wildman–Crippen MR) is 74.5 cm³/mol. The molecule has 0 aromatic heterocycles. The monoisotopic (exact) mass is 300 g/mol. The van der Waals surface area contributed by atoms with Crippen LogP contribution in [0.4, 0.5) is 0 Å². The zero-order chi connectivity index (χ0) is 14.5. The Morgan fingerprint density at radius 2 is 1.75 bits per heavy atom. The lowest BCUT2D eigenvalue weighted by Crippen LogP contribution is -2.44. The summed E-state index contributed by atoms with van der Waals surface area (Å²) in [4.78, 5) is 23.4. The Hall–Kier alpha value is -1.01. The number of hydrogen-bond donors (Lipinski definition) is 0. The van der Waals surface area contributed by atoms with Crippen LogP contribution in [0.2, 0.25) is 0 Å². The second-order valence-electron chi connectivity index (χ2n) is 5.33. The zero-order valence-corrected chi connectivity index (χ0v) is 12.3. The average molecular weight is 300 g/mol. The minimum atomic E-state index is -0.866. The molecule has 0 atom stereocenters. The molecule has 0 amide bonds. The molecule has 0 aromatic carbocycles. The first-order valence-electron chi connectivity index (χ1n) is 6.98. The number of ether oxygens (including phenoxy) is 2. The van der Waals surface area contributed by atoms with Crippen molar-refractivity contribution < 1.29 is 23.6 Å². The maximum atomic E-state index is 11.7. The second-order valence-corrected chi connectivity index (χ2v) is 6.88. The van der Waals surface area contributed by atoms with Crippen LogP contribution in [-0.2, 0) is 30.2 Å². The van der Waals surface area contributed by atoms with Crippen molar-refractivity contribution in [3.05, 3.63) is 12.2 Å². The lowest BCUT2D eigenvalue weighted by atomic mass is 9.98. The van der Waals surface area contributed by atoms with Crippen LogP contribution in [0.5, 0.6) is 0 Å². The molecule has 1 saturated heterocycles. The fraction of sp³-hybridized carbons (Fsp3) is 0.714. The Morgan fingerprint density at radius 1 is 1.10 bits per heavy atom. The molecular formula is C14H20O5S. The van der Waals surface area contributed by atoms with Crippen molar-refractivity contribution in [2.75, 3.05) is 11.5 Å². The van der Waals surface area contributed by atoms with Gasteiger partial charge in [-0.2, -0.15) is 0 Å². The van der Waals surface area contributed by atoms with E-state index in [9.17, 15) is 14.1 Å². The van der Waals surface area contributed by atoms with Crippen molar-refractivity contribution >= 4 is 23.1 Å². The maximum Gasteiger partial charge on any atom is 0.334 e. The van der Waals surface area contributed by atoms with Gasteiger partial charge in [-0.25, -0.2) is 4.79 Å². The third-order valence-electron chi connectivity index (χ3n) is 3.51. The second kappa shape index (κ2) is 7.13. The Labute approximate surface area is 121 Å². The van der Waals surface area contributed by atoms with Crippen molar-refractivity contribution in [1.82, 2.24) is 0 Å². The molecule has 0 spiro atoms. The molecule has 1 saturated carbocycles. The van der Waals surface area contributed by atoms with Crippen LogP contribution in [0.1, 0.15) is 38.5 Å². The summed E-state index contributed by atoms with van der Waals surface area (Å²) < 4.78 is 21.3. The molecule has 0 N–H and O–H groups in total. The van der Waals surface area contributed by atoms with Crippen LogP contribution in [0, 0.1) is 0 Å². The van der Waals surface area contributed by atoms with E-state index < -0.39 is 23.1 Å². The molecule has 2 rings (SSSR count). The SMILES string of the molecule is C=C(CC(=O)OC1CCCCC1)C(=O)OC1C[S+]([O-])C1. The number of rotatable bonds is 5. The van der Waals surface area contributed by atoms with Gasteiger partial charge in [-0.15, -0.1) is 0 Å². The molecule has 0 bridgehead atoms. The first-order valence-corrected chi connectivity index (χ1v) is 8.46.